The van der Waals surface area contributed by atoms with Crippen molar-refractivity contribution in [2.45, 2.75) is 6.54 Å². The van der Waals surface area contributed by atoms with Crippen LogP contribution >= 0.6 is 0 Å². The van der Waals surface area contributed by atoms with E-state index < -0.39 is 0 Å². The van der Waals surface area contributed by atoms with Gasteiger partial charge in [0.2, 0.25) is 5.95 Å². The quantitative estimate of drug-likeness (QED) is 0.802. The van der Waals surface area contributed by atoms with Gasteiger partial charge in [-0.15, -0.1) is 6.58 Å². The minimum atomic E-state index is -0.218. The van der Waals surface area contributed by atoms with Crippen molar-refractivity contribution >= 4 is 5.95 Å². The van der Waals surface area contributed by atoms with E-state index in [0.29, 0.717) is 13.1 Å². The Morgan fingerprint density at radius 3 is 2.82 bits per heavy atom. The number of imidazole rings is 1. The van der Waals surface area contributed by atoms with E-state index in [4.69, 9.17) is 0 Å². The van der Waals surface area contributed by atoms with E-state index in [0.717, 1.165) is 11.5 Å². The van der Waals surface area contributed by atoms with Gasteiger partial charge in [-0.1, -0.05) is 18.2 Å². The summed E-state index contributed by atoms with van der Waals surface area (Å²) in [6.45, 7) is 4.98. The van der Waals surface area contributed by atoms with E-state index in [2.05, 4.69) is 16.9 Å². The molecule has 0 fully saturated rings. The van der Waals surface area contributed by atoms with Crippen LogP contribution in [0.25, 0.3) is 0 Å². The van der Waals surface area contributed by atoms with Crippen LogP contribution in [0.2, 0.25) is 0 Å². The number of hydrogen-bond donors (Lipinski definition) is 1. The second-order valence-corrected chi connectivity index (χ2v) is 3.67. The third kappa shape index (κ3) is 2.93. The molecule has 0 saturated heterocycles. The first-order valence-corrected chi connectivity index (χ1v) is 5.40. The lowest BCUT2D eigenvalue weighted by Crippen LogP contribution is -2.07. The standard InChI is InChI=1S/C13H14FN3/c1-2-7-15-13-16-8-9-17(13)10-11-3-5-12(14)6-4-11/h2-6,8-9H,1,7,10H2,(H,15,16). The molecular formula is C13H14FN3. The number of rotatable bonds is 5. The van der Waals surface area contributed by atoms with Gasteiger partial charge in [0, 0.05) is 18.9 Å². The summed E-state index contributed by atoms with van der Waals surface area (Å²) in [7, 11) is 0. The highest BCUT2D eigenvalue weighted by Gasteiger charge is 2.02. The average molecular weight is 231 g/mol. The zero-order valence-electron chi connectivity index (χ0n) is 9.44. The Morgan fingerprint density at radius 1 is 1.35 bits per heavy atom. The summed E-state index contributed by atoms with van der Waals surface area (Å²) in [4.78, 5) is 4.20. The lowest BCUT2D eigenvalue weighted by Gasteiger charge is -2.08. The largest absolute Gasteiger partial charge is 0.352 e. The molecule has 0 aliphatic rings. The molecule has 3 nitrogen and oxygen atoms in total. The van der Waals surface area contributed by atoms with Crippen molar-refractivity contribution in [2.75, 3.05) is 11.9 Å². The lowest BCUT2D eigenvalue weighted by molar-refractivity contribution is 0.626. The zero-order chi connectivity index (χ0) is 12.1. The third-order valence-corrected chi connectivity index (χ3v) is 2.39. The van der Waals surface area contributed by atoms with Crippen LogP contribution < -0.4 is 5.32 Å². The minimum absolute atomic E-state index is 0.218. The Balaban J connectivity index is 2.10. The molecule has 0 saturated carbocycles. The Bertz CT molecular complexity index is 488. The summed E-state index contributed by atoms with van der Waals surface area (Å²) in [5, 5.41) is 3.13. The van der Waals surface area contributed by atoms with Gasteiger partial charge in [0.15, 0.2) is 0 Å². The number of halogens is 1. The van der Waals surface area contributed by atoms with Crippen LogP contribution in [0.5, 0.6) is 0 Å². The molecular weight excluding hydrogens is 217 g/mol. The first kappa shape index (κ1) is 11.4. The van der Waals surface area contributed by atoms with E-state index in [1.165, 1.54) is 12.1 Å². The van der Waals surface area contributed by atoms with Crippen molar-refractivity contribution in [1.82, 2.24) is 9.55 Å². The number of anilines is 1. The summed E-state index contributed by atoms with van der Waals surface area (Å²) >= 11 is 0. The number of aromatic nitrogens is 2. The van der Waals surface area contributed by atoms with Gasteiger partial charge < -0.3 is 9.88 Å². The molecule has 2 rings (SSSR count). The van der Waals surface area contributed by atoms with Gasteiger partial charge in [0.25, 0.3) is 0 Å². The molecule has 0 atom stereocenters. The van der Waals surface area contributed by atoms with Gasteiger partial charge >= 0.3 is 0 Å². The number of nitrogens with zero attached hydrogens (tertiary/aromatic N) is 2. The maximum Gasteiger partial charge on any atom is 0.203 e. The molecule has 1 N–H and O–H groups in total. The fourth-order valence-corrected chi connectivity index (χ4v) is 1.55. The summed E-state index contributed by atoms with van der Waals surface area (Å²) in [5.74, 6) is 0.568. The predicted octanol–water partition coefficient (Wildman–Crippen LogP) is 2.67. The van der Waals surface area contributed by atoms with E-state index in [1.54, 1.807) is 24.4 Å². The second-order valence-electron chi connectivity index (χ2n) is 3.67. The first-order valence-electron chi connectivity index (χ1n) is 5.40. The molecule has 0 radical (unpaired) electrons. The first-order chi connectivity index (χ1) is 8.29. The maximum atomic E-state index is 12.8. The maximum absolute atomic E-state index is 12.8. The lowest BCUT2D eigenvalue weighted by atomic mass is 10.2. The van der Waals surface area contributed by atoms with Gasteiger partial charge in [-0.2, -0.15) is 0 Å². The topological polar surface area (TPSA) is 29.9 Å². The molecule has 4 heteroatoms. The van der Waals surface area contributed by atoms with Crippen molar-refractivity contribution in [1.29, 1.82) is 0 Å². The smallest absolute Gasteiger partial charge is 0.203 e. The second kappa shape index (κ2) is 5.30. The summed E-state index contributed by atoms with van der Waals surface area (Å²) in [6.07, 6.45) is 5.39. The van der Waals surface area contributed by atoms with Crippen molar-refractivity contribution in [3.63, 3.8) is 0 Å². The molecule has 17 heavy (non-hydrogen) atoms. The Kier molecular flexibility index (Phi) is 3.55. The summed E-state index contributed by atoms with van der Waals surface area (Å²) < 4.78 is 14.7. The van der Waals surface area contributed by atoms with Gasteiger partial charge in [-0.3, -0.25) is 0 Å². The fraction of sp³-hybridized carbons (Fsp3) is 0.154. The third-order valence-electron chi connectivity index (χ3n) is 2.39. The van der Waals surface area contributed by atoms with Gasteiger partial charge in [-0.25, -0.2) is 9.37 Å². The highest BCUT2D eigenvalue weighted by atomic mass is 19.1. The monoisotopic (exact) mass is 231 g/mol. The normalized spacial score (nSPS) is 10.2. The summed E-state index contributed by atoms with van der Waals surface area (Å²) in [6, 6.07) is 6.46. The van der Waals surface area contributed by atoms with Crippen molar-refractivity contribution in [3.8, 4) is 0 Å². The van der Waals surface area contributed by atoms with Crippen LogP contribution in [0, 0.1) is 5.82 Å². The van der Waals surface area contributed by atoms with E-state index in [-0.39, 0.29) is 5.82 Å². The molecule has 2 aromatic rings. The molecule has 0 amide bonds. The fourth-order valence-electron chi connectivity index (χ4n) is 1.55. The molecule has 1 heterocycles. The molecule has 88 valence electrons. The van der Waals surface area contributed by atoms with E-state index >= 15 is 0 Å². The molecule has 0 spiro atoms. The van der Waals surface area contributed by atoms with Crippen LogP contribution in [-0.2, 0) is 6.54 Å². The van der Waals surface area contributed by atoms with Gasteiger partial charge in [0.1, 0.15) is 5.82 Å². The van der Waals surface area contributed by atoms with Gasteiger partial charge in [-0.05, 0) is 17.7 Å². The average Bonchev–Trinajstić information content (AvgIpc) is 2.77. The Hall–Kier alpha value is -2.10. The molecule has 1 aromatic carbocycles. The number of hydrogen-bond acceptors (Lipinski definition) is 2. The van der Waals surface area contributed by atoms with Crippen molar-refractivity contribution in [3.05, 3.63) is 60.7 Å². The van der Waals surface area contributed by atoms with Crippen LogP contribution in [-0.4, -0.2) is 16.1 Å². The van der Waals surface area contributed by atoms with Crippen LogP contribution in [0.3, 0.4) is 0 Å². The van der Waals surface area contributed by atoms with E-state index in [1.807, 2.05) is 10.8 Å². The predicted molar refractivity (Wildman–Crippen MR) is 66.4 cm³/mol. The van der Waals surface area contributed by atoms with Crippen LogP contribution in [0.4, 0.5) is 10.3 Å². The number of nitrogens with one attached hydrogen (secondary N) is 1. The van der Waals surface area contributed by atoms with Crippen LogP contribution in [0.1, 0.15) is 5.56 Å². The van der Waals surface area contributed by atoms with Gasteiger partial charge in [0.05, 0.1) is 6.54 Å². The molecule has 0 unspecified atom stereocenters. The highest BCUT2D eigenvalue weighted by molar-refractivity contribution is 5.29. The zero-order valence-corrected chi connectivity index (χ0v) is 9.44. The Morgan fingerprint density at radius 2 is 2.12 bits per heavy atom. The Labute approximate surface area is 99.6 Å². The molecule has 0 aliphatic heterocycles. The highest BCUT2D eigenvalue weighted by Crippen LogP contribution is 2.10. The minimum Gasteiger partial charge on any atom is -0.352 e. The van der Waals surface area contributed by atoms with Crippen LogP contribution in [0.15, 0.2) is 49.3 Å². The molecule has 0 bridgehead atoms. The van der Waals surface area contributed by atoms with Crippen molar-refractivity contribution < 1.29 is 4.39 Å². The molecule has 0 aliphatic carbocycles. The summed E-state index contributed by atoms with van der Waals surface area (Å²) in [5.41, 5.74) is 1.03. The SMILES string of the molecule is C=CCNc1nccn1Cc1ccc(F)cc1. The number of benzene rings is 1. The molecule has 1 aromatic heterocycles. The van der Waals surface area contributed by atoms with E-state index in [9.17, 15) is 4.39 Å². The van der Waals surface area contributed by atoms with Crippen molar-refractivity contribution in [2.24, 2.45) is 0 Å².